The van der Waals surface area contributed by atoms with E-state index in [2.05, 4.69) is 6.92 Å². The largest absolute Gasteiger partial charge is 0.328 e. The van der Waals surface area contributed by atoms with Gasteiger partial charge in [-0.2, -0.15) is 0 Å². The van der Waals surface area contributed by atoms with Crippen molar-refractivity contribution < 1.29 is 0 Å². The number of hydrogen-bond donors (Lipinski definition) is 1. The van der Waals surface area contributed by atoms with Crippen molar-refractivity contribution in [3.8, 4) is 0 Å². The van der Waals surface area contributed by atoms with E-state index in [1.54, 1.807) is 0 Å². The first-order valence-corrected chi connectivity index (χ1v) is 7.51. The summed E-state index contributed by atoms with van der Waals surface area (Å²) in [6.07, 6.45) is 14.3. The highest BCUT2D eigenvalue weighted by Crippen LogP contribution is 2.37. The molecule has 0 saturated heterocycles. The summed E-state index contributed by atoms with van der Waals surface area (Å²) in [7, 11) is 0. The predicted molar refractivity (Wildman–Crippen MR) is 70.3 cm³/mol. The van der Waals surface area contributed by atoms with Crippen LogP contribution in [0.1, 0.15) is 71.1 Å². The van der Waals surface area contributed by atoms with Crippen LogP contribution in [0, 0.1) is 17.8 Å². The van der Waals surface area contributed by atoms with E-state index in [4.69, 9.17) is 5.73 Å². The smallest absolute Gasteiger partial charge is 0.00389 e. The van der Waals surface area contributed by atoms with Crippen LogP contribution in [-0.4, -0.2) is 6.04 Å². The molecule has 2 saturated carbocycles. The van der Waals surface area contributed by atoms with Gasteiger partial charge >= 0.3 is 0 Å². The van der Waals surface area contributed by atoms with Gasteiger partial charge in [-0.25, -0.2) is 0 Å². The molecule has 0 radical (unpaired) electrons. The summed E-state index contributed by atoms with van der Waals surface area (Å²) in [5, 5.41) is 0. The lowest BCUT2D eigenvalue weighted by Crippen LogP contribution is -2.19. The Hall–Kier alpha value is -0.0400. The van der Waals surface area contributed by atoms with Gasteiger partial charge in [0.15, 0.2) is 0 Å². The van der Waals surface area contributed by atoms with Crippen molar-refractivity contribution in [2.75, 3.05) is 0 Å². The highest BCUT2D eigenvalue weighted by molar-refractivity contribution is 4.79. The third kappa shape index (κ3) is 3.48. The summed E-state index contributed by atoms with van der Waals surface area (Å²) in [6.45, 7) is 2.44. The molecule has 0 aromatic rings. The van der Waals surface area contributed by atoms with Crippen molar-refractivity contribution in [3.63, 3.8) is 0 Å². The molecular weight excluding hydrogens is 194 g/mol. The van der Waals surface area contributed by atoms with E-state index in [1.165, 1.54) is 64.2 Å². The van der Waals surface area contributed by atoms with Gasteiger partial charge in [-0.15, -0.1) is 0 Å². The first kappa shape index (κ1) is 12.4. The molecule has 2 aliphatic carbocycles. The van der Waals surface area contributed by atoms with Gasteiger partial charge in [0.05, 0.1) is 0 Å². The Balaban J connectivity index is 1.85. The van der Waals surface area contributed by atoms with Gasteiger partial charge in [0.25, 0.3) is 0 Å². The molecule has 1 heteroatoms. The Morgan fingerprint density at radius 1 is 0.688 bits per heavy atom. The lowest BCUT2D eigenvalue weighted by Gasteiger charge is -2.25. The van der Waals surface area contributed by atoms with Crippen LogP contribution >= 0.6 is 0 Å². The van der Waals surface area contributed by atoms with Crippen molar-refractivity contribution in [1.29, 1.82) is 0 Å². The highest BCUT2D eigenvalue weighted by Gasteiger charge is 2.26. The molecule has 2 aliphatic rings. The van der Waals surface area contributed by atoms with Crippen LogP contribution < -0.4 is 5.73 Å². The summed E-state index contributed by atoms with van der Waals surface area (Å²) in [5.41, 5.74) is 6.08. The number of rotatable bonds is 1. The molecule has 0 aliphatic heterocycles. The molecular formula is C15H29N. The van der Waals surface area contributed by atoms with Crippen LogP contribution in [-0.2, 0) is 0 Å². The molecule has 1 nitrogen and oxygen atoms in total. The maximum absolute atomic E-state index is 6.08. The van der Waals surface area contributed by atoms with Gasteiger partial charge in [0.2, 0.25) is 0 Å². The van der Waals surface area contributed by atoms with Crippen molar-refractivity contribution in [3.05, 3.63) is 0 Å². The molecule has 0 bridgehead atoms. The normalized spacial score (nSPS) is 42.4. The fourth-order valence-corrected chi connectivity index (χ4v) is 3.82. The number of nitrogens with two attached hydrogens (primary N) is 1. The lowest BCUT2D eigenvalue weighted by atomic mass is 9.81. The molecule has 0 amide bonds. The van der Waals surface area contributed by atoms with Crippen LogP contribution in [0.2, 0.25) is 0 Å². The topological polar surface area (TPSA) is 26.0 Å². The zero-order valence-electron chi connectivity index (χ0n) is 11.0. The molecule has 2 N–H and O–H groups in total. The predicted octanol–water partition coefficient (Wildman–Crippen LogP) is 4.11. The third-order valence-electron chi connectivity index (χ3n) is 5.03. The molecule has 2 fully saturated rings. The zero-order chi connectivity index (χ0) is 11.4. The van der Waals surface area contributed by atoms with Gasteiger partial charge in [-0.05, 0) is 43.4 Å². The minimum Gasteiger partial charge on any atom is -0.328 e. The summed E-state index contributed by atoms with van der Waals surface area (Å²) in [6, 6.07) is 0.509. The van der Waals surface area contributed by atoms with Crippen molar-refractivity contribution in [1.82, 2.24) is 0 Å². The van der Waals surface area contributed by atoms with E-state index in [9.17, 15) is 0 Å². The van der Waals surface area contributed by atoms with Crippen LogP contribution in [0.5, 0.6) is 0 Å². The maximum atomic E-state index is 6.08. The van der Waals surface area contributed by atoms with Crippen LogP contribution in [0.25, 0.3) is 0 Å². The Morgan fingerprint density at radius 3 is 2.06 bits per heavy atom. The van der Waals surface area contributed by atoms with Gasteiger partial charge in [0.1, 0.15) is 0 Å². The molecule has 0 aromatic carbocycles. The van der Waals surface area contributed by atoms with Gasteiger partial charge in [-0.3, -0.25) is 0 Å². The third-order valence-corrected chi connectivity index (χ3v) is 5.03. The average Bonchev–Trinajstić information content (AvgIpc) is 2.59. The highest BCUT2D eigenvalue weighted by atomic mass is 14.6. The SMILES string of the molecule is CC1CCCC(C2CCCC(N)CC2)CC1. The van der Waals surface area contributed by atoms with Gasteiger partial charge in [0, 0.05) is 6.04 Å². The molecule has 0 spiro atoms. The summed E-state index contributed by atoms with van der Waals surface area (Å²) >= 11 is 0. The minimum atomic E-state index is 0.509. The Morgan fingerprint density at radius 2 is 1.31 bits per heavy atom. The quantitative estimate of drug-likeness (QED) is 0.665. The minimum absolute atomic E-state index is 0.509. The zero-order valence-corrected chi connectivity index (χ0v) is 11.0. The average molecular weight is 223 g/mol. The molecule has 4 atom stereocenters. The molecule has 0 heterocycles. The van der Waals surface area contributed by atoms with Crippen molar-refractivity contribution in [2.24, 2.45) is 23.5 Å². The fourth-order valence-electron chi connectivity index (χ4n) is 3.82. The van der Waals surface area contributed by atoms with E-state index < -0.39 is 0 Å². The second kappa shape index (κ2) is 6.05. The monoisotopic (exact) mass is 223 g/mol. The fraction of sp³-hybridized carbons (Fsp3) is 1.00. The van der Waals surface area contributed by atoms with E-state index in [0.29, 0.717) is 6.04 Å². The summed E-state index contributed by atoms with van der Waals surface area (Å²) in [5.74, 6) is 3.03. The lowest BCUT2D eigenvalue weighted by molar-refractivity contribution is 0.266. The number of hydrogen-bond acceptors (Lipinski definition) is 1. The first-order chi connectivity index (χ1) is 7.75. The Bertz CT molecular complexity index is 180. The van der Waals surface area contributed by atoms with E-state index in [0.717, 1.165) is 17.8 Å². The maximum Gasteiger partial charge on any atom is 0.00389 e. The molecule has 16 heavy (non-hydrogen) atoms. The van der Waals surface area contributed by atoms with Gasteiger partial charge in [-0.1, -0.05) is 45.4 Å². The standard InChI is InChI=1S/C15H29N/c1-12-4-2-5-13(9-8-12)14-6-3-7-15(16)11-10-14/h12-15H,2-11,16H2,1H3. The van der Waals surface area contributed by atoms with E-state index in [1.807, 2.05) is 0 Å². The summed E-state index contributed by atoms with van der Waals surface area (Å²) in [4.78, 5) is 0. The van der Waals surface area contributed by atoms with Crippen molar-refractivity contribution in [2.45, 2.75) is 77.2 Å². The Kier molecular flexibility index (Phi) is 4.69. The summed E-state index contributed by atoms with van der Waals surface area (Å²) < 4.78 is 0. The van der Waals surface area contributed by atoms with E-state index in [-0.39, 0.29) is 0 Å². The van der Waals surface area contributed by atoms with Gasteiger partial charge < -0.3 is 5.73 Å². The second-order valence-corrected chi connectivity index (χ2v) is 6.40. The Labute approximate surface area is 101 Å². The molecule has 4 unspecified atom stereocenters. The molecule has 94 valence electrons. The molecule has 2 rings (SSSR count). The first-order valence-electron chi connectivity index (χ1n) is 7.51. The molecule has 0 aromatic heterocycles. The van der Waals surface area contributed by atoms with E-state index >= 15 is 0 Å². The second-order valence-electron chi connectivity index (χ2n) is 6.40. The van der Waals surface area contributed by atoms with Crippen LogP contribution in [0.15, 0.2) is 0 Å². The van der Waals surface area contributed by atoms with Crippen LogP contribution in [0.4, 0.5) is 0 Å². The van der Waals surface area contributed by atoms with Crippen molar-refractivity contribution >= 4 is 0 Å². The van der Waals surface area contributed by atoms with Crippen LogP contribution in [0.3, 0.4) is 0 Å².